The number of rotatable bonds is 4. The summed E-state index contributed by atoms with van der Waals surface area (Å²) in [7, 11) is 0. The van der Waals surface area contributed by atoms with E-state index in [-0.39, 0.29) is 17.9 Å². The van der Waals surface area contributed by atoms with Crippen molar-refractivity contribution in [3.63, 3.8) is 0 Å². The maximum atomic E-state index is 12.5. The van der Waals surface area contributed by atoms with Crippen molar-refractivity contribution in [3.8, 4) is 5.75 Å². The van der Waals surface area contributed by atoms with Gasteiger partial charge in [-0.05, 0) is 37.0 Å². The molecule has 1 aliphatic rings. The van der Waals surface area contributed by atoms with Crippen LogP contribution in [0.5, 0.6) is 5.75 Å². The van der Waals surface area contributed by atoms with Crippen LogP contribution in [-0.4, -0.2) is 41.7 Å². The monoisotopic (exact) mass is 277 g/mol. The van der Waals surface area contributed by atoms with E-state index in [9.17, 15) is 9.90 Å². The molecule has 1 N–H and O–H groups in total. The van der Waals surface area contributed by atoms with Gasteiger partial charge in [-0.15, -0.1) is 0 Å². The Morgan fingerprint density at radius 1 is 1.50 bits per heavy atom. The van der Waals surface area contributed by atoms with Crippen molar-refractivity contribution in [3.05, 3.63) is 29.8 Å². The smallest absolute Gasteiger partial charge is 0.253 e. The number of amides is 1. The van der Waals surface area contributed by atoms with Gasteiger partial charge < -0.3 is 14.7 Å². The Kier molecular flexibility index (Phi) is 5.01. The second kappa shape index (κ2) is 6.75. The fourth-order valence-electron chi connectivity index (χ4n) is 2.44. The molecule has 1 aromatic carbocycles. The van der Waals surface area contributed by atoms with Crippen molar-refractivity contribution in [2.75, 3.05) is 19.7 Å². The predicted octanol–water partition coefficient (Wildman–Crippen LogP) is 2.32. The molecule has 0 aromatic heterocycles. The average Bonchev–Trinajstić information content (AvgIpc) is 2.47. The maximum Gasteiger partial charge on any atom is 0.253 e. The number of piperidine rings is 1. The van der Waals surface area contributed by atoms with Gasteiger partial charge in [-0.3, -0.25) is 4.79 Å². The largest absolute Gasteiger partial charge is 0.494 e. The number of likely N-dealkylation sites (tertiary alicyclic amines) is 1. The van der Waals surface area contributed by atoms with Gasteiger partial charge in [0.1, 0.15) is 5.75 Å². The van der Waals surface area contributed by atoms with Crippen molar-refractivity contribution >= 4 is 5.91 Å². The molecule has 2 unspecified atom stereocenters. The second-order valence-corrected chi connectivity index (χ2v) is 5.46. The van der Waals surface area contributed by atoms with E-state index in [2.05, 4.69) is 6.92 Å². The first-order valence-electron chi connectivity index (χ1n) is 7.32. The minimum Gasteiger partial charge on any atom is -0.494 e. The molecule has 1 heterocycles. The molecule has 110 valence electrons. The summed E-state index contributed by atoms with van der Waals surface area (Å²) < 4.78 is 5.56. The number of aliphatic hydroxyl groups excluding tert-OH is 1. The van der Waals surface area contributed by atoms with E-state index in [1.165, 1.54) is 0 Å². The van der Waals surface area contributed by atoms with Gasteiger partial charge >= 0.3 is 0 Å². The van der Waals surface area contributed by atoms with Gasteiger partial charge in [0.2, 0.25) is 0 Å². The highest BCUT2D eigenvalue weighted by atomic mass is 16.5. The Morgan fingerprint density at radius 3 is 3.00 bits per heavy atom. The highest BCUT2D eigenvalue weighted by Gasteiger charge is 2.27. The number of carbonyl (C=O) groups excluding carboxylic acids is 1. The van der Waals surface area contributed by atoms with Crippen molar-refractivity contribution in [1.29, 1.82) is 0 Å². The third kappa shape index (κ3) is 3.51. The van der Waals surface area contributed by atoms with Crippen LogP contribution in [0, 0.1) is 5.92 Å². The van der Waals surface area contributed by atoms with Crippen molar-refractivity contribution in [2.45, 2.75) is 32.8 Å². The summed E-state index contributed by atoms with van der Waals surface area (Å²) in [6.07, 6.45) is 1.30. The molecule has 0 spiro atoms. The molecule has 1 aliphatic heterocycles. The second-order valence-electron chi connectivity index (χ2n) is 5.46. The molecule has 1 fully saturated rings. The molecule has 0 aliphatic carbocycles. The Bertz CT molecular complexity index is 461. The number of carbonyl (C=O) groups is 1. The van der Waals surface area contributed by atoms with Crippen LogP contribution in [-0.2, 0) is 0 Å². The van der Waals surface area contributed by atoms with E-state index < -0.39 is 0 Å². The molecule has 0 saturated carbocycles. The van der Waals surface area contributed by atoms with Crippen LogP contribution in [0.15, 0.2) is 24.3 Å². The fraction of sp³-hybridized carbons (Fsp3) is 0.562. The van der Waals surface area contributed by atoms with Gasteiger partial charge in [0, 0.05) is 18.7 Å². The zero-order valence-corrected chi connectivity index (χ0v) is 12.2. The molecule has 1 aromatic rings. The van der Waals surface area contributed by atoms with Crippen molar-refractivity contribution < 1.29 is 14.6 Å². The number of aliphatic hydroxyl groups is 1. The lowest BCUT2D eigenvalue weighted by Gasteiger charge is -2.34. The van der Waals surface area contributed by atoms with Crippen molar-refractivity contribution in [1.82, 2.24) is 4.90 Å². The summed E-state index contributed by atoms with van der Waals surface area (Å²) in [5, 5.41) is 9.73. The van der Waals surface area contributed by atoms with Crippen LogP contribution in [0.25, 0.3) is 0 Å². The number of hydrogen-bond acceptors (Lipinski definition) is 3. The third-order valence-electron chi connectivity index (χ3n) is 3.70. The van der Waals surface area contributed by atoms with E-state index in [1.807, 2.05) is 30.0 Å². The lowest BCUT2D eigenvalue weighted by atomic mass is 9.96. The van der Waals surface area contributed by atoms with Gasteiger partial charge in [-0.2, -0.15) is 0 Å². The summed E-state index contributed by atoms with van der Waals surface area (Å²) >= 11 is 0. The predicted molar refractivity (Wildman–Crippen MR) is 77.9 cm³/mol. The van der Waals surface area contributed by atoms with Crippen molar-refractivity contribution in [2.24, 2.45) is 5.92 Å². The van der Waals surface area contributed by atoms with E-state index in [0.29, 0.717) is 31.7 Å². The topological polar surface area (TPSA) is 49.8 Å². The van der Waals surface area contributed by atoms with Gasteiger partial charge in [0.15, 0.2) is 0 Å². The summed E-state index contributed by atoms with van der Waals surface area (Å²) in [6, 6.07) is 7.33. The summed E-state index contributed by atoms with van der Waals surface area (Å²) in [5.74, 6) is 0.890. The lowest BCUT2D eigenvalue weighted by Crippen LogP contribution is -2.44. The Labute approximate surface area is 120 Å². The van der Waals surface area contributed by atoms with Gasteiger partial charge in [-0.25, -0.2) is 0 Å². The SMILES string of the molecule is CCCOc1cccc(C(=O)N2CCC(O)C(C)C2)c1. The van der Waals surface area contributed by atoms with Crippen LogP contribution < -0.4 is 4.74 Å². The molecule has 4 nitrogen and oxygen atoms in total. The normalized spacial score (nSPS) is 22.6. The van der Waals surface area contributed by atoms with E-state index in [4.69, 9.17) is 4.74 Å². The quantitative estimate of drug-likeness (QED) is 0.919. The van der Waals surface area contributed by atoms with Crippen LogP contribution >= 0.6 is 0 Å². The first-order chi connectivity index (χ1) is 9.61. The molecule has 2 atom stereocenters. The zero-order valence-electron chi connectivity index (χ0n) is 12.2. The standard InChI is InChI=1S/C16H23NO3/c1-3-9-20-14-6-4-5-13(10-14)16(19)17-8-7-15(18)12(2)11-17/h4-6,10,12,15,18H,3,7-9,11H2,1-2H3. The number of nitrogens with zero attached hydrogens (tertiary/aromatic N) is 1. The maximum absolute atomic E-state index is 12.5. The minimum atomic E-state index is -0.293. The first kappa shape index (κ1) is 14.9. The summed E-state index contributed by atoms with van der Waals surface area (Å²) in [5.41, 5.74) is 0.655. The molecule has 0 bridgehead atoms. The third-order valence-corrected chi connectivity index (χ3v) is 3.70. The fourth-order valence-corrected chi connectivity index (χ4v) is 2.44. The van der Waals surface area contributed by atoms with Crippen LogP contribution in [0.4, 0.5) is 0 Å². The molecule has 1 saturated heterocycles. The molecule has 4 heteroatoms. The van der Waals surface area contributed by atoms with Crippen LogP contribution in [0.1, 0.15) is 37.0 Å². The molecular weight excluding hydrogens is 254 g/mol. The highest BCUT2D eigenvalue weighted by Crippen LogP contribution is 2.20. The lowest BCUT2D eigenvalue weighted by molar-refractivity contribution is 0.0297. The Morgan fingerprint density at radius 2 is 2.30 bits per heavy atom. The number of ether oxygens (including phenoxy) is 1. The van der Waals surface area contributed by atoms with Crippen LogP contribution in [0.3, 0.4) is 0 Å². The average molecular weight is 277 g/mol. The van der Waals surface area contributed by atoms with E-state index in [1.54, 1.807) is 6.07 Å². The summed E-state index contributed by atoms with van der Waals surface area (Å²) in [4.78, 5) is 14.3. The number of benzene rings is 1. The molecule has 2 rings (SSSR count). The molecule has 1 amide bonds. The molecule has 0 radical (unpaired) electrons. The Balaban J connectivity index is 2.05. The van der Waals surface area contributed by atoms with Gasteiger partial charge in [0.05, 0.1) is 12.7 Å². The Hall–Kier alpha value is -1.55. The van der Waals surface area contributed by atoms with Crippen LogP contribution in [0.2, 0.25) is 0 Å². The zero-order chi connectivity index (χ0) is 14.5. The minimum absolute atomic E-state index is 0.0192. The first-order valence-corrected chi connectivity index (χ1v) is 7.32. The van der Waals surface area contributed by atoms with E-state index in [0.717, 1.165) is 12.2 Å². The summed E-state index contributed by atoms with van der Waals surface area (Å²) in [6.45, 7) is 5.91. The number of hydrogen-bond donors (Lipinski definition) is 1. The molecule has 20 heavy (non-hydrogen) atoms. The van der Waals surface area contributed by atoms with Gasteiger partial charge in [0.25, 0.3) is 5.91 Å². The van der Waals surface area contributed by atoms with Gasteiger partial charge in [-0.1, -0.05) is 19.9 Å². The van der Waals surface area contributed by atoms with E-state index >= 15 is 0 Å². The highest BCUT2D eigenvalue weighted by molar-refractivity contribution is 5.94. The molecular formula is C16H23NO3.